The molecule has 1 atom stereocenters. The van der Waals surface area contributed by atoms with Gasteiger partial charge in [0.15, 0.2) is 0 Å². The number of H-pyrrole nitrogens is 1. The van der Waals surface area contributed by atoms with Crippen molar-refractivity contribution in [2.45, 2.75) is 6.92 Å². The fourth-order valence-electron chi connectivity index (χ4n) is 1.65. The highest BCUT2D eigenvalue weighted by Crippen LogP contribution is 2.24. The molecule has 2 N–H and O–H groups in total. The second-order valence-corrected chi connectivity index (χ2v) is 3.93. The molecule has 7 nitrogen and oxygen atoms in total. The molecular formula is C9H12N4O3. The Balaban J connectivity index is 1.89. The minimum atomic E-state index is -0.822. The third-order valence-electron chi connectivity index (χ3n) is 2.91. The molecule has 0 aliphatic carbocycles. The van der Waals surface area contributed by atoms with Crippen LogP contribution in [0, 0.1) is 11.8 Å². The molecule has 86 valence electrons. The number of carbonyl (C=O) groups is 2. The van der Waals surface area contributed by atoms with E-state index in [1.54, 1.807) is 11.8 Å². The molecule has 1 aromatic rings. The molecule has 2 heterocycles. The van der Waals surface area contributed by atoms with E-state index < -0.39 is 11.9 Å². The van der Waals surface area contributed by atoms with Gasteiger partial charge in [-0.25, -0.2) is 4.98 Å². The van der Waals surface area contributed by atoms with Gasteiger partial charge < -0.3 is 10.0 Å². The van der Waals surface area contributed by atoms with Gasteiger partial charge in [-0.3, -0.25) is 14.7 Å². The van der Waals surface area contributed by atoms with Gasteiger partial charge in [0.2, 0.25) is 5.82 Å². The van der Waals surface area contributed by atoms with E-state index in [2.05, 4.69) is 15.2 Å². The third kappa shape index (κ3) is 1.75. The van der Waals surface area contributed by atoms with Crippen LogP contribution < -0.4 is 0 Å². The number of carboxylic acid groups (broad SMARTS) is 1. The van der Waals surface area contributed by atoms with E-state index in [1.165, 1.54) is 6.33 Å². The number of hydrogen-bond acceptors (Lipinski definition) is 4. The first-order valence-electron chi connectivity index (χ1n) is 4.97. The molecule has 1 saturated heterocycles. The zero-order valence-corrected chi connectivity index (χ0v) is 8.75. The topological polar surface area (TPSA) is 99.2 Å². The van der Waals surface area contributed by atoms with Gasteiger partial charge in [-0.15, -0.1) is 0 Å². The summed E-state index contributed by atoms with van der Waals surface area (Å²) in [6.45, 7) is 2.59. The van der Waals surface area contributed by atoms with Gasteiger partial charge in [0.25, 0.3) is 5.91 Å². The van der Waals surface area contributed by atoms with Crippen molar-refractivity contribution in [1.82, 2.24) is 20.1 Å². The number of hydrogen-bond donors (Lipinski definition) is 2. The molecule has 7 heteroatoms. The molecule has 0 bridgehead atoms. The van der Waals surface area contributed by atoms with Crippen LogP contribution in [0.2, 0.25) is 0 Å². The molecular weight excluding hydrogens is 212 g/mol. The zero-order valence-electron chi connectivity index (χ0n) is 8.75. The van der Waals surface area contributed by atoms with Crippen molar-refractivity contribution in [2.75, 3.05) is 13.1 Å². The number of nitrogens with zero attached hydrogens (tertiary/aromatic N) is 3. The molecule has 1 amide bonds. The lowest BCUT2D eigenvalue weighted by Crippen LogP contribution is -2.53. The lowest BCUT2D eigenvalue weighted by molar-refractivity contribution is -0.144. The van der Waals surface area contributed by atoms with Gasteiger partial charge in [-0.05, 0) is 0 Å². The summed E-state index contributed by atoms with van der Waals surface area (Å²) in [6, 6.07) is 0. The SMILES string of the molecule is CC(C(=O)O)C1CN(C(=O)c2ncn[nH]2)C1. The number of aromatic nitrogens is 3. The molecule has 1 aromatic heterocycles. The number of aliphatic carboxylic acids is 1. The third-order valence-corrected chi connectivity index (χ3v) is 2.91. The van der Waals surface area contributed by atoms with Crippen molar-refractivity contribution < 1.29 is 14.7 Å². The molecule has 1 aliphatic rings. The Bertz CT molecular complexity index is 397. The van der Waals surface area contributed by atoms with E-state index in [9.17, 15) is 9.59 Å². The zero-order chi connectivity index (χ0) is 11.7. The summed E-state index contributed by atoms with van der Waals surface area (Å²) in [5.41, 5.74) is 0. The monoisotopic (exact) mass is 224 g/mol. The van der Waals surface area contributed by atoms with Gasteiger partial charge >= 0.3 is 5.97 Å². The Morgan fingerprint density at radius 2 is 2.31 bits per heavy atom. The summed E-state index contributed by atoms with van der Waals surface area (Å²) in [5, 5.41) is 14.9. The first-order chi connectivity index (χ1) is 7.59. The van der Waals surface area contributed by atoms with Crippen molar-refractivity contribution >= 4 is 11.9 Å². The van der Waals surface area contributed by atoms with E-state index in [0.29, 0.717) is 13.1 Å². The van der Waals surface area contributed by atoms with Gasteiger partial charge in [0.05, 0.1) is 5.92 Å². The number of nitrogens with one attached hydrogen (secondary N) is 1. The number of amides is 1. The highest BCUT2D eigenvalue weighted by Gasteiger charge is 2.38. The van der Waals surface area contributed by atoms with Gasteiger partial charge in [0, 0.05) is 19.0 Å². The Morgan fingerprint density at radius 3 is 2.81 bits per heavy atom. The number of carboxylic acids is 1. The van der Waals surface area contributed by atoms with E-state index >= 15 is 0 Å². The molecule has 0 spiro atoms. The number of likely N-dealkylation sites (tertiary alicyclic amines) is 1. The summed E-state index contributed by atoms with van der Waals surface area (Å²) < 4.78 is 0. The lowest BCUT2D eigenvalue weighted by Gasteiger charge is -2.40. The van der Waals surface area contributed by atoms with Crippen LogP contribution in [0.1, 0.15) is 17.5 Å². The maximum absolute atomic E-state index is 11.7. The number of rotatable bonds is 3. The normalized spacial score (nSPS) is 17.9. The lowest BCUT2D eigenvalue weighted by atomic mass is 9.87. The van der Waals surface area contributed by atoms with Gasteiger partial charge in [-0.2, -0.15) is 5.10 Å². The van der Waals surface area contributed by atoms with Gasteiger partial charge in [-0.1, -0.05) is 6.92 Å². The maximum atomic E-state index is 11.7. The molecule has 2 rings (SSSR count). The van der Waals surface area contributed by atoms with Crippen molar-refractivity contribution in [2.24, 2.45) is 11.8 Å². The largest absolute Gasteiger partial charge is 0.481 e. The van der Waals surface area contributed by atoms with Gasteiger partial charge in [0.1, 0.15) is 6.33 Å². The highest BCUT2D eigenvalue weighted by molar-refractivity contribution is 5.91. The number of carbonyl (C=O) groups excluding carboxylic acids is 1. The Labute approximate surface area is 91.5 Å². The Morgan fingerprint density at radius 1 is 1.62 bits per heavy atom. The van der Waals surface area contributed by atoms with E-state index in [1.807, 2.05) is 0 Å². The fourth-order valence-corrected chi connectivity index (χ4v) is 1.65. The average Bonchev–Trinajstić information content (AvgIpc) is 2.67. The van der Waals surface area contributed by atoms with E-state index in [4.69, 9.17) is 5.11 Å². The van der Waals surface area contributed by atoms with Crippen LogP contribution >= 0.6 is 0 Å². The fraction of sp³-hybridized carbons (Fsp3) is 0.556. The van der Waals surface area contributed by atoms with Crippen molar-refractivity contribution in [3.8, 4) is 0 Å². The minimum absolute atomic E-state index is 0.0318. The van der Waals surface area contributed by atoms with Crippen LogP contribution in [-0.2, 0) is 4.79 Å². The smallest absolute Gasteiger partial charge is 0.306 e. The van der Waals surface area contributed by atoms with Crippen LogP contribution in [0.15, 0.2) is 6.33 Å². The molecule has 0 aromatic carbocycles. The van der Waals surface area contributed by atoms with Crippen LogP contribution in [0.5, 0.6) is 0 Å². The molecule has 0 radical (unpaired) electrons. The summed E-state index contributed by atoms with van der Waals surface area (Å²) in [4.78, 5) is 27.7. The quantitative estimate of drug-likeness (QED) is 0.727. The minimum Gasteiger partial charge on any atom is -0.481 e. The van der Waals surface area contributed by atoms with Crippen LogP contribution in [0.3, 0.4) is 0 Å². The molecule has 16 heavy (non-hydrogen) atoms. The van der Waals surface area contributed by atoms with Crippen LogP contribution in [-0.4, -0.2) is 50.2 Å². The predicted molar refractivity (Wildman–Crippen MR) is 52.6 cm³/mol. The summed E-state index contributed by atoms with van der Waals surface area (Å²) in [5.74, 6) is -1.24. The molecule has 1 unspecified atom stereocenters. The molecule has 1 fully saturated rings. The first-order valence-corrected chi connectivity index (χ1v) is 4.97. The Kier molecular flexibility index (Phi) is 2.59. The van der Waals surface area contributed by atoms with Crippen molar-refractivity contribution in [3.05, 3.63) is 12.2 Å². The van der Waals surface area contributed by atoms with Crippen molar-refractivity contribution in [1.29, 1.82) is 0 Å². The Hall–Kier alpha value is -1.92. The van der Waals surface area contributed by atoms with E-state index in [0.717, 1.165) is 0 Å². The number of aromatic amines is 1. The van der Waals surface area contributed by atoms with Crippen LogP contribution in [0.4, 0.5) is 0 Å². The second-order valence-electron chi connectivity index (χ2n) is 3.93. The first kappa shape index (κ1) is 10.6. The maximum Gasteiger partial charge on any atom is 0.306 e. The second kappa shape index (κ2) is 3.92. The standard InChI is InChI=1S/C9H12N4O3/c1-5(9(15)16)6-2-13(3-6)8(14)7-10-4-11-12-7/h4-6H,2-3H2,1H3,(H,15,16)(H,10,11,12). The molecule has 1 aliphatic heterocycles. The average molecular weight is 224 g/mol. The van der Waals surface area contributed by atoms with Crippen molar-refractivity contribution in [3.63, 3.8) is 0 Å². The highest BCUT2D eigenvalue weighted by atomic mass is 16.4. The summed E-state index contributed by atoms with van der Waals surface area (Å²) in [7, 11) is 0. The predicted octanol–water partition coefficient (Wildman–Crippen LogP) is -0.403. The van der Waals surface area contributed by atoms with E-state index in [-0.39, 0.29) is 17.6 Å². The van der Waals surface area contributed by atoms with Crippen LogP contribution in [0.25, 0.3) is 0 Å². The summed E-state index contributed by atoms with van der Waals surface area (Å²) in [6.07, 6.45) is 1.27. The molecule has 0 saturated carbocycles. The summed E-state index contributed by atoms with van der Waals surface area (Å²) >= 11 is 0.